The Morgan fingerprint density at radius 2 is 1.52 bits per heavy atom. The molecule has 0 aliphatic rings. The number of hydrogen-bond acceptors (Lipinski definition) is 4. The number of rotatable bonds is 10. The van der Waals surface area contributed by atoms with Crippen molar-refractivity contribution in [1.82, 2.24) is 0 Å². The van der Waals surface area contributed by atoms with Crippen molar-refractivity contribution in [2.45, 2.75) is 25.4 Å². The van der Waals surface area contributed by atoms with Crippen LogP contribution in [-0.2, 0) is 27.5 Å². The lowest BCUT2D eigenvalue weighted by Gasteiger charge is -2.23. The van der Waals surface area contributed by atoms with E-state index in [0.717, 1.165) is 11.1 Å². The second kappa shape index (κ2) is 10.1. The Hall–Kier alpha value is -2.86. The van der Waals surface area contributed by atoms with Crippen molar-refractivity contribution in [2.75, 3.05) is 6.54 Å². The summed E-state index contributed by atoms with van der Waals surface area (Å²) in [5.74, 6) is -1.16. The summed E-state index contributed by atoms with van der Waals surface area (Å²) in [7, 11) is 0. The van der Waals surface area contributed by atoms with E-state index in [1.165, 1.54) is 0 Å². The number of ether oxygens (including phenoxy) is 2. The third-order valence-electron chi connectivity index (χ3n) is 3.49. The summed E-state index contributed by atoms with van der Waals surface area (Å²) >= 11 is 0. The van der Waals surface area contributed by atoms with Gasteiger partial charge in [-0.1, -0.05) is 65.8 Å². The van der Waals surface area contributed by atoms with Gasteiger partial charge in [-0.25, -0.2) is 4.79 Å². The quantitative estimate of drug-likeness (QED) is 0.405. The van der Waals surface area contributed by atoms with E-state index in [-0.39, 0.29) is 19.8 Å². The smallest absolute Gasteiger partial charge is 0.335 e. The summed E-state index contributed by atoms with van der Waals surface area (Å²) < 4.78 is 11.2. The van der Waals surface area contributed by atoms with E-state index in [9.17, 15) is 9.90 Å². The lowest BCUT2D eigenvalue weighted by Crippen LogP contribution is -2.40. The van der Waals surface area contributed by atoms with Gasteiger partial charge in [0.2, 0.25) is 0 Å². The van der Waals surface area contributed by atoms with Crippen molar-refractivity contribution in [3.63, 3.8) is 0 Å². The van der Waals surface area contributed by atoms with Crippen LogP contribution >= 0.6 is 0 Å². The summed E-state index contributed by atoms with van der Waals surface area (Å²) in [5.41, 5.74) is 10.3. The van der Waals surface area contributed by atoms with Crippen molar-refractivity contribution in [3.8, 4) is 0 Å². The maximum atomic E-state index is 11.6. The minimum Gasteiger partial charge on any atom is -0.479 e. The molecule has 2 aromatic carbocycles. The zero-order chi connectivity index (χ0) is 17.9. The van der Waals surface area contributed by atoms with E-state index in [1.54, 1.807) is 0 Å². The van der Waals surface area contributed by atoms with Crippen LogP contribution in [0.25, 0.3) is 10.4 Å². The molecule has 0 aliphatic heterocycles. The van der Waals surface area contributed by atoms with Crippen LogP contribution in [0.2, 0.25) is 0 Å². The maximum Gasteiger partial charge on any atom is 0.335 e. The Balaban J connectivity index is 2.04. The molecule has 25 heavy (non-hydrogen) atoms. The van der Waals surface area contributed by atoms with Gasteiger partial charge in [0.15, 0.2) is 6.10 Å². The average molecular weight is 341 g/mol. The van der Waals surface area contributed by atoms with Gasteiger partial charge in [0, 0.05) is 4.91 Å². The van der Waals surface area contributed by atoms with Crippen molar-refractivity contribution < 1.29 is 19.4 Å². The van der Waals surface area contributed by atoms with Crippen molar-refractivity contribution in [2.24, 2.45) is 5.11 Å². The summed E-state index contributed by atoms with van der Waals surface area (Å²) in [4.78, 5) is 14.3. The number of carboxylic acids is 1. The van der Waals surface area contributed by atoms with Gasteiger partial charge in [-0.3, -0.25) is 0 Å². The van der Waals surface area contributed by atoms with Gasteiger partial charge in [-0.2, -0.15) is 0 Å². The highest BCUT2D eigenvalue weighted by Gasteiger charge is 2.29. The molecule has 7 heteroatoms. The molecule has 0 bridgehead atoms. The summed E-state index contributed by atoms with van der Waals surface area (Å²) in [6.07, 6.45) is -2.13. The summed E-state index contributed by atoms with van der Waals surface area (Å²) in [6.45, 7) is 0.194. The van der Waals surface area contributed by atoms with E-state index in [1.807, 2.05) is 60.7 Å². The number of azide groups is 1. The van der Waals surface area contributed by atoms with E-state index in [4.69, 9.17) is 15.0 Å². The zero-order valence-corrected chi connectivity index (χ0v) is 13.6. The SMILES string of the molecule is [N-]=[N+]=NC[C@H](OCc1ccccc1)[C@H](OCc1ccccc1)C(=O)O. The molecule has 0 amide bonds. The lowest BCUT2D eigenvalue weighted by atomic mass is 10.2. The fourth-order valence-electron chi connectivity index (χ4n) is 2.23. The number of benzene rings is 2. The monoisotopic (exact) mass is 341 g/mol. The van der Waals surface area contributed by atoms with E-state index in [0.29, 0.717) is 0 Å². The average Bonchev–Trinajstić information content (AvgIpc) is 2.65. The van der Waals surface area contributed by atoms with Crippen molar-refractivity contribution in [3.05, 3.63) is 82.2 Å². The van der Waals surface area contributed by atoms with Crippen LogP contribution in [0.15, 0.2) is 65.8 Å². The van der Waals surface area contributed by atoms with Crippen LogP contribution in [-0.4, -0.2) is 29.8 Å². The van der Waals surface area contributed by atoms with Gasteiger partial charge < -0.3 is 14.6 Å². The number of carboxylic acid groups (broad SMARTS) is 1. The van der Waals surface area contributed by atoms with Gasteiger partial charge in [0.25, 0.3) is 0 Å². The van der Waals surface area contributed by atoms with Crippen molar-refractivity contribution >= 4 is 5.97 Å². The van der Waals surface area contributed by atoms with E-state index in [2.05, 4.69) is 10.0 Å². The molecule has 0 aromatic heterocycles. The molecule has 0 radical (unpaired) electrons. The minimum absolute atomic E-state index is 0.124. The van der Waals surface area contributed by atoms with Crippen LogP contribution in [0.5, 0.6) is 0 Å². The third-order valence-corrected chi connectivity index (χ3v) is 3.49. The largest absolute Gasteiger partial charge is 0.479 e. The Morgan fingerprint density at radius 3 is 2.00 bits per heavy atom. The predicted molar refractivity (Wildman–Crippen MR) is 91.7 cm³/mol. The summed E-state index contributed by atoms with van der Waals surface area (Å²) in [6, 6.07) is 18.6. The molecular formula is C18H19N3O4. The first kappa shape index (κ1) is 18.5. The normalized spacial score (nSPS) is 12.8. The number of hydrogen-bond donors (Lipinski definition) is 1. The predicted octanol–water partition coefficient (Wildman–Crippen LogP) is 3.55. The van der Waals surface area contributed by atoms with Gasteiger partial charge in [0.05, 0.1) is 19.8 Å². The fourth-order valence-corrected chi connectivity index (χ4v) is 2.23. The third kappa shape index (κ3) is 6.27. The zero-order valence-electron chi connectivity index (χ0n) is 13.6. The Bertz CT molecular complexity index is 703. The molecule has 1 N–H and O–H groups in total. The summed E-state index contributed by atoms with van der Waals surface area (Å²) in [5, 5.41) is 12.9. The highest BCUT2D eigenvalue weighted by molar-refractivity contribution is 5.73. The molecule has 0 spiro atoms. The maximum absolute atomic E-state index is 11.6. The molecule has 0 aliphatic carbocycles. The number of carbonyl (C=O) groups is 1. The molecule has 0 unspecified atom stereocenters. The second-order valence-corrected chi connectivity index (χ2v) is 5.30. The molecule has 2 aromatic rings. The Labute approximate surface area is 145 Å². The van der Waals surface area contributed by atoms with Crippen LogP contribution < -0.4 is 0 Å². The molecule has 130 valence electrons. The topological polar surface area (TPSA) is 105 Å². The Kier molecular flexibility index (Phi) is 7.46. The van der Waals surface area contributed by atoms with Crippen molar-refractivity contribution in [1.29, 1.82) is 0 Å². The molecule has 7 nitrogen and oxygen atoms in total. The number of nitrogens with zero attached hydrogens (tertiary/aromatic N) is 3. The van der Waals surface area contributed by atoms with E-state index >= 15 is 0 Å². The van der Waals surface area contributed by atoms with Gasteiger partial charge in [0.1, 0.15) is 6.10 Å². The lowest BCUT2D eigenvalue weighted by molar-refractivity contribution is -0.163. The standard InChI is InChI=1S/C18H19N3O4/c19-21-20-11-16(24-12-14-7-3-1-4-8-14)17(18(22)23)25-13-15-9-5-2-6-10-15/h1-10,16-17H,11-13H2,(H,22,23)/t16-,17-/m0/s1. The molecule has 0 saturated heterocycles. The van der Waals surface area contributed by atoms with E-state index < -0.39 is 18.2 Å². The first-order chi connectivity index (χ1) is 12.2. The van der Waals surface area contributed by atoms with Crippen LogP contribution in [0.1, 0.15) is 11.1 Å². The first-order valence-electron chi connectivity index (χ1n) is 7.75. The Morgan fingerprint density at radius 1 is 1.00 bits per heavy atom. The minimum atomic E-state index is -1.24. The molecule has 0 heterocycles. The van der Waals surface area contributed by atoms with Crippen LogP contribution in [0.4, 0.5) is 0 Å². The first-order valence-corrected chi connectivity index (χ1v) is 7.75. The highest BCUT2D eigenvalue weighted by Crippen LogP contribution is 2.13. The fraction of sp³-hybridized carbons (Fsp3) is 0.278. The molecular weight excluding hydrogens is 322 g/mol. The number of aliphatic carboxylic acids is 1. The molecule has 2 atom stereocenters. The highest BCUT2D eigenvalue weighted by atomic mass is 16.6. The second-order valence-electron chi connectivity index (χ2n) is 5.30. The molecule has 2 rings (SSSR count). The molecule has 0 fully saturated rings. The van der Waals surface area contributed by atoms with Gasteiger partial charge >= 0.3 is 5.97 Å². The molecule has 0 saturated carbocycles. The van der Waals surface area contributed by atoms with Gasteiger partial charge in [-0.15, -0.1) is 0 Å². The van der Waals surface area contributed by atoms with Crippen LogP contribution in [0.3, 0.4) is 0 Å². The van der Waals surface area contributed by atoms with Crippen LogP contribution in [0, 0.1) is 0 Å². The van der Waals surface area contributed by atoms with Gasteiger partial charge in [-0.05, 0) is 16.7 Å².